The van der Waals surface area contributed by atoms with Gasteiger partial charge in [-0.15, -0.1) is 0 Å². The summed E-state index contributed by atoms with van der Waals surface area (Å²) < 4.78 is 15.8. The molecule has 0 aliphatic carbocycles. The molecule has 0 aliphatic heterocycles. The molecular formula is C14H10BrFN2. The van der Waals surface area contributed by atoms with Crippen molar-refractivity contribution in [2.24, 2.45) is 0 Å². The summed E-state index contributed by atoms with van der Waals surface area (Å²) >= 11 is 3.42. The molecule has 0 amide bonds. The smallest absolute Gasteiger partial charge is 0.138 e. The van der Waals surface area contributed by atoms with Crippen molar-refractivity contribution in [1.82, 2.24) is 9.38 Å². The quantitative estimate of drug-likeness (QED) is 0.703. The number of aromatic nitrogens is 2. The fourth-order valence-electron chi connectivity index (χ4n) is 1.91. The van der Waals surface area contributed by atoms with Gasteiger partial charge >= 0.3 is 0 Å². The Morgan fingerprint density at radius 1 is 1.17 bits per heavy atom. The highest BCUT2D eigenvalue weighted by molar-refractivity contribution is 9.10. The van der Waals surface area contributed by atoms with Gasteiger partial charge in [-0.2, -0.15) is 0 Å². The number of benzene rings is 1. The molecule has 18 heavy (non-hydrogen) atoms. The van der Waals surface area contributed by atoms with E-state index in [1.807, 2.05) is 28.9 Å². The van der Waals surface area contributed by atoms with E-state index in [0.29, 0.717) is 6.42 Å². The van der Waals surface area contributed by atoms with Gasteiger partial charge in [0, 0.05) is 23.3 Å². The zero-order chi connectivity index (χ0) is 12.5. The van der Waals surface area contributed by atoms with Gasteiger partial charge in [0.05, 0.1) is 5.69 Å². The minimum absolute atomic E-state index is 0.210. The molecule has 3 rings (SSSR count). The van der Waals surface area contributed by atoms with E-state index in [2.05, 4.69) is 20.9 Å². The molecule has 0 N–H and O–H groups in total. The van der Waals surface area contributed by atoms with E-state index >= 15 is 0 Å². The van der Waals surface area contributed by atoms with Crippen LogP contribution in [-0.4, -0.2) is 9.38 Å². The lowest BCUT2D eigenvalue weighted by atomic mass is 10.1. The standard InChI is InChI=1S/C14H10BrFN2/c15-11-5-6-18-9-13(17-14(18)8-11)7-10-1-3-12(16)4-2-10/h1-6,8-9H,7H2. The van der Waals surface area contributed by atoms with Gasteiger partial charge in [0.25, 0.3) is 0 Å². The van der Waals surface area contributed by atoms with Crippen LogP contribution in [0.15, 0.2) is 53.3 Å². The van der Waals surface area contributed by atoms with Crippen LogP contribution in [0.2, 0.25) is 0 Å². The van der Waals surface area contributed by atoms with E-state index in [-0.39, 0.29) is 5.82 Å². The summed E-state index contributed by atoms with van der Waals surface area (Å²) in [6.07, 6.45) is 4.66. The molecule has 0 unspecified atom stereocenters. The van der Waals surface area contributed by atoms with Crippen LogP contribution in [0.5, 0.6) is 0 Å². The monoisotopic (exact) mass is 304 g/mol. The van der Waals surface area contributed by atoms with Crippen molar-refractivity contribution in [3.63, 3.8) is 0 Å². The molecule has 2 nitrogen and oxygen atoms in total. The first kappa shape index (κ1) is 11.4. The van der Waals surface area contributed by atoms with Crippen LogP contribution >= 0.6 is 15.9 Å². The Morgan fingerprint density at radius 2 is 1.94 bits per heavy atom. The Labute approximate surface area is 112 Å². The van der Waals surface area contributed by atoms with E-state index in [9.17, 15) is 4.39 Å². The third-order valence-corrected chi connectivity index (χ3v) is 3.26. The van der Waals surface area contributed by atoms with Gasteiger partial charge in [-0.05, 0) is 29.8 Å². The fourth-order valence-corrected chi connectivity index (χ4v) is 2.23. The third kappa shape index (κ3) is 2.29. The second kappa shape index (κ2) is 4.53. The zero-order valence-electron chi connectivity index (χ0n) is 9.48. The average Bonchev–Trinajstić information content (AvgIpc) is 2.73. The molecular weight excluding hydrogens is 295 g/mol. The van der Waals surface area contributed by atoms with Crippen LogP contribution in [0.25, 0.3) is 5.65 Å². The Morgan fingerprint density at radius 3 is 2.72 bits per heavy atom. The molecule has 3 aromatic rings. The summed E-state index contributed by atoms with van der Waals surface area (Å²) in [5.41, 5.74) is 2.93. The lowest BCUT2D eigenvalue weighted by Crippen LogP contribution is -1.88. The van der Waals surface area contributed by atoms with Gasteiger partial charge in [-0.3, -0.25) is 0 Å². The van der Waals surface area contributed by atoms with Gasteiger partial charge in [0.15, 0.2) is 0 Å². The second-order valence-corrected chi connectivity index (χ2v) is 5.06. The summed E-state index contributed by atoms with van der Waals surface area (Å²) in [5.74, 6) is -0.210. The van der Waals surface area contributed by atoms with Crippen molar-refractivity contribution in [3.05, 3.63) is 70.3 Å². The number of rotatable bonds is 2. The molecule has 2 aromatic heterocycles. The SMILES string of the molecule is Fc1ccc(Cc2cn3ccc(Br)cc3n2)cc1. The van der Waals surface area contributed by atoms with Crippen LogP contribution in [0.4, 0.5) is 4.39 Å². The average molecular weight is 305 g/mol. The van der Waals surface area contributed by atoms with Gasteiger partial charge in [-0.25, -0.2) is 9.37 Å². The third-order valence-electron chi connectivity index (χ3n) is 2.77. The fraction of sp³-hybridized carbons (Fsp3) is 0.0714. The highest BCUT2D eigenvalue weighted by atomic mass is 79.9. The van der Waals surface area contributed by atoms with Gasteiger partial charge in [0.2, 0.25) is 0 Å². The number of imidazole rings is 1. The van der Waals surface area contributed by atoms with Gasteiger partial charge in [0.1, 0.15) is 11.5 Å². The number of hydrogen-bond donors (Lipinski definition) is 0. The van der Waals surface area contributed by atoms with Crippen molar-refractivity contribution in [1.29, 1.82) is 0 Å². The van der Waals surface area contributed by atoms with Crippen molar-refractivity contribution in [3.8, 4) is 0 Å². The van der Waals surface area contributed by atoms with Crippen LogP contribution in [0, 0.1) is 5.82 Å². The highest BCUT2D eigenvalue weighted by Gasteiger charge is 2.03. The normalized spacial score (nSPS) is 11.0. The minimum atomic E-state index is -0.210. The summed E-state index contributed by atoms with van der Waals surface area (Å²) in [6, 6.07) is 10.5. The first-order valence-corrected chi connectivity index (χ1v) is 6.37. The van der Waals surface area contributed by atoms with Crippen molar-refractivity contribution in [2.45, 2.75) is 6.42 Å². The molecule has 2 heterocycles. The van der Waals surface area contributed by atoms with Crippen molar-refractivity contribution < 1.29 is 4.39 Å². The Bertz CT molecular complexity index is 689. The Balaban J connectivity index is 1.92. The molecule has 0 saturated heterocycles. The molecule has 0 atom stereocenters. The second-order valence-electron chi connectivity index (χ2n) is 4.15. The van der Waals surface area contributed by atoms with E-state index in [1.165, 1.54) is 12.1 Å². The summed E-state index contributed by atoms with van der Waals surface area (Å²) in [4.78, 5) is 4.53. The Kier molecular flexibility index (Phi) is 2.88. The molecule has 0 fully saturated rings. The van der Waals surface area contributed by atoms with Gasteiger partial charge in [-0.1, -0.05) is 28.1 Å². The molecule has 0 saturated carbocycles. The van der Waals surface area contributed by atoms with E-state index in [0.717, 1.165) is 21.4 Å². The Hall–Kier alpha value is -1.68. The van der Waals surface area contributed by atoms with E-state index < -0.39 is 0 Å². The topological polar surface area (TPSA) is 17.3 Å². The molecule has 1 aromatic carbocycles. The zero-order valence-corrected chi connectivity index (χ0v) is 11.1. The predicted octanol–water partition coefficient (Wildman–Crippen LogP) is 3.83. The molecule has 0 aliphatic rings. The summed E-state index contributed by atoms with van der Waals surface area (Å²) in [7, 11) is 0. The maximum Gasteiger partial charge on any atom is 0.138 e. The van der Waals surface area contributed by atoms with Crippen LogP contribution in [-0.2, 0) is 6.42 Å². The number of nitrogens with zero attached hydrogens (tertiary/aromatic N) is 2. The highest BCUT2D eigenvalue weighted by Crippen LogP contribution is 2.15. The lowest BCUT2D eigenvalue weighted by Gasteiger charge is -1.96. The molecule has 4 heteroatoms. The van der Waals surface area contributed by atoms with Crippen LogP contribution in [0.1, 0.15) is 11.3 Å². The largest absolute Gasteiger partial charge is 0.307 e. The van der Waals surface area contributed by atoms with E-state index in [1.54, 1.807) is 12.1 Å². The number of hydrogen-bond acceptors (Lipinski definition) is 1. The van der Waals surface area contributed by atoms with Crippen molar-refractivity contribution >= 4 is 21.6 Å². The molecule has 0 bridgehead atoms. The summed E-state index contributed by atoms with van der Waals surface area (Å²) in [5, 5.41) is 0. The maximum absolute atomic E-state index is 12.8. The van der Waals surface area contributed by atoms with E-state index in [4.69, 9.17) is 0 Å². The number of halogens is 2. The predicted molar refractivity (Wildman–Crippen MR) is 72.1 cm³/mol. The molecule has 90 valence electrons. The van der Waals surface area contributed by atoms with Gasteiger partial charge < -0.3 is 4.40 Å². The molecule has 0 radical (unpaired) electrons. The lowest BCUT2D eigenvalue weighted by molar-refractivity contribution is 0.627. The van der Waals surface area contributed by atoms with Crippen molar-refractivity contribution in [2.75, 3.05) is 0 Å². The first-order chi connectivity index (χ1) is 8.70. The minimum Gasteiger partial charge on any atom is -0.307 e. The summed E-state index contributed by atoms with van der Waals surface area (Å²) in [6.45, 7) is 0. The first-order valence-electron chi connectivity index (χ1n) is 5.58. The molecule has 0 spiro atoms. The number of fused-ring (bicyclic) bond motifs is 1. The number of pyridine rings is 1. The van der Waals surface area contributed by atoms with Crippen LogP contribution in [0.3, 0.4) is 0 Å². The van der Waals surface area contributed by atoms with Crippen LogP contribution < -0.4 is 0 Å². The maximum atomic E-state index is 12.8.